The Balaban J connectivity index is 2.69. The zero-order valence-corrected chi connectivity index (χ0v) is 11.2. The molecule has 2 N–H and O–H groups in total. The number of hydrogen-bond acceptors (Lipinski definition) is 4. The predicted octanol–water partition coefficient (Wildman–Crippen LogP) is 0.795. The summed E-state index contributed by atoms with van der Waals surface area (Å²) in [5, 5.41) is 11.6. The Morgan fingerprint density at radius 3 is 2.59 bits per heavy atom. The Bertz CT molecular complexity index is 366. The summed E-state index contributed by atoms with van der Waals surface area (Å²) in [7, 11) is -3.09. The summed E-state index contributed by atoms with van der Waals surface area (Å²) in [5.41, 5.74) is 0. The maximum Gasteiger partial charge on any atom is 0.320 e. The van der Waals surface area contributed by atoms with Gasteiger partial charge in [0, 0.05) is 12.3 Å². The minimum Gasteiger partial charge on any atom is -0.480 e. The van der Waals surface area contributed by atoms with Crippen LogP contribution in [0, 0.1) is 0 Å². The molecule has 6 heteroatoms. The number of nitrogens with one attached hydrogen (secondary N) is 1. The molecule has 0 aromatic carbocycles. The predicted molar refractivity (Wildman–Crippen MR) is 65.7 cm³/mol. The second kappa shape index (κ2) is 5.82. The Morgan fingerprint density at radius 2 is 2.12 bits per heavy atom. The molecule has 0 aromatic rings. The number of carboxylic acids is 1. The molecule has 1 fully saturated rings. The molecule has 3 unspecified atom stereocenters. The van der Waals surface area contributed by atoms with Crippen molar-refractivity contribution in [3.63, 3.8) is 0 Å². The molecule has 1 aliphatic rings. The van der Waals surface area contributed by atoms with Crippen LogP contribution in [-0.4, -0.2) is 43.1 Å². The molecule has 0 bridgehead atoms. The molecule has 0 saturated heterocycles. The van der Waals surface area contributed by atoms with E-state index in [4.69, 9.17) is 5.11 Å². The summed E-state index contributed by atoms with van der Waals surface area (Å²) in [5.74, 6) is -0.897. The van der Waals surface area contributed by atoms with Crippen molar-refractivity contribution in [2.24, 2.45) is 0 Å². The first-order chi connectivity index (χ1) is 7.86. The van der Waals surface area contributed by atoms with Gasteiger partial charge in [0.2, 0.25) is 0 Å². The van der Waals surface area contributed by atoms with Crippen molar-refractivity contribution in [1.82, 2.24) is 5.32 Å². The number of rotatable bonds is 6. The first kappa shape index (κ1) is 14.4. The van der Waals surface area contributed by atoms with Gasteiger partial charge in [0.25, 0.3) is 0 Å². The lowest BCUT2D eigenvalue weighted by Gasteiger charge is -2.23. The van der Waals surface area contributed by atoms with Crippen molar-refractivity contribution in [3.8, 4) is 0 Å². The van der Waals surface area contributed by atoms with Crippen molar-refractivity contribution in [3.05, 3.63) is 0 Å². The highest BCUT2D eigenvalue weighted by Crippen LogP contribution is 2.25. The number of hydrogen-bond donors (Lipinski definition) is 2. The summed E-state index contributed by atoms with van der Waals surface area (Å²) in [6, 6.07) is -0.843. The van der Waals surface area contributed by atoms with Crippen LogP contribution in [0.25, 0.3) is 0 Å². The first-order valence-corrected chi connectivity index (χ1v) is 7.99. The van der Waals surface area contributed by atoms with E-state index in [2.05, 4.69) is 5.32 Å². The van der Waals surface area contributed by atoms with E-state index in [0.29, 0.717) is 12.8 Å². The molecular weight excluding hydrogens is 242 g/mol. The quantitative estimate of drug-likeness (QED) is 0.740. The maximum absolute atomic E-state index is 11.6. The Kier molecular flexibility index (Phi) is 4.94. The lowest BCUT2D eigenvalue weighted by Crippen LogP contribution is -2.48. The van der Waals surface area contributed by atoms with Crippen molar-refractivity contribution in [1.29, 1.82) is 0 Å². The zero-order chi connectivity index (χ0) is 13.1. The van der Waals surface area contributed by atoms with Crippen LogP contribution in [0.4, 0.5) is 0 Å². The molecular formula is C11H21NO4S. The molecule has 0 aliphatic heterocycles. The van der Waals surface area contributed by atoms with Gasteiger partial charge in [-0.25, -0.2) is 8.42 Å². The second-order valence-corrected chi connectivity index (χ2v) is 7.02. The molecule has 17 heavy (non-hydrogen) atoms. The number of carbonyl (C=O) groups is 1. The molecule has 3 atom stereocenters. The third-order valence-electron chi connectivity index (χ3n) is 3.29. The van der Waals surface area contributed by atoms with Gasteiger partial charge in [-0.05, 0) is 19.3 Å². The maximum atomic E-state index is 11.6. The molecule has 5 nitrogen and oxygen atoms in total. The van der Waals surface area contributed by atoms with Gasteiger partial charge in [0.1, 0.15) is 6.04 Å². The minimum absolute atomic E-state index is 0.211. The normalized spacial score (nSPS) is 26.9. The molecule has 100 valence electrons. The van der Waals surface area contributed by atoms with Gasteiger partial charge in [-0.15, -0.1) is 0 Å². The third kappa shape index (κ3) is 3.96. The van der Waals surface area contributed by atoms with Crippen LogP contribution in [0.5, 0.6) is 0 Å². The van der Waals surface area contributed by atoms with Gasteiger partial charge < -0.3 is 10.4 Å². The second-order valence-electron chi connectivity index (χ2n) is 4.75. The molecule has 0 heterocycles. The van der Waals surface area contributed by atoms with Crippen LogP contribution in [0.2, 0.25) is 0 Å². The summed E-state index contributed by atoms with van der Waals surface area (Å²) in [4.78, 5) is 11.0. The van der Waals surface area contributed by atoms with E-state index in [1.54, 1.807) is 0 Å². The van der Waals surface area contributed by atoms with Crippen LogP contribution in [-0.2, 0) is 14.6 Å². The van der Waals surface area contributed by atoms with Crippen LogP contribution in [0.3, 0.4) is 0 Å². The van der Waals surface area contributed by atoms with Gasteiger partial charge >= 0.3 is 5.97 Å². The summed E-state index contributed by atoms with van der Waals surface area (Å²) in [6.45, 7) is 1.92. The average molecular weight is 263 g/mol. The molecule has 0 amide bonds. The fourth-order valence-corrected chi connectivity index (χ4v) is 3.86. The number of sulfone groups is 1. The molecule has 0 aromatic heterocycles. The van der Waals surface area contributed by atoms with Crippen LogP contribution >= 0.6 is 0 Å². The van der Waals surface area contributed by atoms with E-state index in [0.717, 1.165) is 19.3 Å². The first-order valence-electron chi connectivity index (χ1n) is 6.04. The molecule has 1 saturated carbocycles. The highest BCUT2D eigenvalue weighted by molar-refractivity contribution is 7.91. The van der Waals surface area contributed by atoms with Gasteiger partial charge in [0.15, 0.2) is 9.84 Å². The highest BCUT2D eigenvalue weighted by Gasteiger charge is 2.36. The summed E-state index contributed by atoms with van der Waals surface area (Å²) < 4.78 is 23.1. The molecule has 0 radical (unpaired) electrons. The lowest BCUT2D eigenvalue weighted by atomic mass is 10.1. The summed E-state index contributed by atoms with van der Waals surface area (Å²) >= 11 is 0. The van der Waals surface area contributed by atoms with E-state index < -0.39 is 27.1 Å². The Hall–Kier alpha value is -0.620. The Morgan fingerprint density at radius 1 is 1.47 bits per heavy atom. The van der Waals surface area contributed by atoms with E-state index in [1.807, 2.05) is 6.92 Å². The van der Waals surface area contributed by atoms with Crippen LogP contribution in [0.15, 0.2) is 0 Å². The van der Waals surface area contributed by atoms with Gasteiger partial charge in [0.05, 0.1) is 5.25 Å². The van der Waals surface area contributed by atoms with E-state index in [-0.39, 0.29) is 6.04 Å². The zero-order valence-electron chi connectivity index (χ0n) is 10.3. The number of carboxylic acid groups (broad SMARTS) is 1. The van der Waals surface area contributed by atoms with Gasteiger partial charge in [-0.2, -0.15) is 0 Å². The Labute approximate surface area is 103 Å². The van der Waals surface area contributed by atoms with Crippen molar-refractivity contribution >= 4 is 15.8 Å². The SMILES string of the molecule is CCCC(NC1CCCC1S(C)(=O)=O)C(=O)O. The van der Waals surface area contributed by atoms with Crippen molar-refractivity contribution in [2.75, 3.05) is 6.26 Å². The van der Waals surface area contributed by atoms with Crippen LogP contribution < -0.4 is 5.32 Å². The van der Waals surface area contributed by atoms with Crippen LogP contribution in [0.1, 0.15) is 39.0 Å². The third-order valence-corrected chi connectivity index (χ3v) is 4.96. The fourth-order valence-electron chi connectivity index (χ4n) is 2.45. The van der Waals surface area contributed by atoms with E-state index in [9.17, 15) is 13.2 Å². The van der Waals surface area contributed by atoms with E-state index >= 15 is 0 Å². The molecule has 0 spiro atoms. The number of aliphatic carboxylic acids is 1. The van der Waals surface area contributed by atoms with Gasteiger partial charge in [-0.1, -0.05) is 19.8 Å². The topological polar surface area (TPSA) is 83.5 Å². The molecule has 1 aliphatic carbocycles. The van der Waals surface area contributed by atoms with Crippen molar-refractivity contribution in [2.45, 2.75) is 56.4 Å². The van der Waals surface area contributed by atoms with E-state index in [1.165, 1.54) is 6.26 Å². The standard InChI is InChI=1S/C11H21NO4S/c1-3-5-9(11(13)14)12-8-6-4-7-10(8)17(2,15)16/h8-10,12H,3-7H2,1-2H3,(H,13,14). The monoisotopic (exact) mass is 263 g/mol. The summed E-state index contributed by atoms with van der Waals surface area (Å²) in [6.07, 6.45) is 4.74. The molecule has 1 rings (SSSR count). The largest absolute Gasteiger partial charge is 0.480 e. The highest BCUT2D eigenvalue weighted by atomic mass is 32.2. The minimum atomic E-state index is -3.09. The smallest absolute Gasteiger partial charge is 0.320 e. The fraction of sp³-hybridized carbons (Fsp3) is 0.909. The lowest BCUT2D eigenvalue weighted by molar-refractivity contribution is -0.139. The van der Waals surface area contributed by atoms with Gasteiger partial charge in [-0.3, -0.25) is 4.79 Å². The average Bonchev–Trinajstić information content (AvgIpc) is 2.64. The van der Waals surface area contributed by atoms with Crippen molar-refractivity contribution < 1.29 is 18.3 Å².